The van der Waals surface area contributed by atoms with Crippen LogP contribution in [0.5, 0.6) is 0 Å². The minimum atomic E-state index is -0.853. The van der Waals surface area contributed by atoms with Gasteiger partial charge in [-0.05, 0) is 65.8 Å². The molecule has 294 valence electrons. The van der Waals surface area contributed by atoms with Gasteiger partial charge in [0.05, 0.1) is 50.5 Å². The van der Waals surface area contributed by atoms with Gasteiger partial charge < -0.3 is 24.7 Å². The van der Waals surface area contributed by atoms with Gasteiger partial charge in [-0.15, -0.1) is 0 Å². The Morgan fingerprint density at radius 3 is 2.21 bits per heavy atom. The highest BCUT2D eigenvalue weighted by atomic mass is 16.5. The van der Waals surface area contributed by atoms with E-state index in [1.54, 1.807) is 0 Å². The molecular weight excluding hydrogens is 715 g/mol. The smallest absolute Gasteiger partial charge is 0.407 e. The number of H-pyrrole nitrogens is 1. The van der Waals surface area contributed by atoms with Crippen molar-refractivity contribution in [2.24, 2.45) is 16.8 Å². The summed E-state index contributed by atoms with van der Waals surface area (Å²) in [5.41, 5.74) is 6.81. The number of hydrogen-bond donors (Lipinski definition) is 2. The van der Waals surface area contributed by atoms with Crippen molar-refractivity contribution in [3.63, 3.8) is 0 Å². The summed E-state index contributed by atoms with van der Waals surface area (Å²) in [5.74, 6) is -0.586. The Morgan fingerprint density at radius 2 is 1.54 bits per heavy atom. The van der Waals surface area contributed by atoms with E-state index in [1.165, 1.54) is 24.2 Å². The van der Waals surface area contributed by atoms with Crippen LogP contribution in [0.15, 0.2) is 65.9 Å². The van der Waals surface area contributed by atoms with Crippen molar-refractivity contribution >= 4 is 41.1 Å². The summed E-state index contributed by atoms with van der Waals surface area (Å²) in [6, 6.07) is 15.1. The molecule has 4 amide bonds. The lowest BCUT2D eigenvalue weighted by Gasteiger charge is -2.43. The molecule has 7 rings (SSSR count). The van der Waals surface area contributed by atoms with E-state index in [0.717, 1.165) is 64.3 Å². The number of alkyl carbamates (subject to hydrolysis) is 1. The number of fused-ring (bicyclic) bond motifs is 1. The third-order valence-corrected chi connectivity index (χ3v) is 11.4. The zero-order valence-corrected chi connectivity index (χ0v) is 32.3. The van der Waals surface area contributed by atoms with Gasteiger partial charge in [0.15, 0.2) is 0 Å². The molecule has 1 aromatic heterocycles. The highest BCUT2D eigenvalue weighted by Gasteiger charge is 2.44. The number of aliphatic imine (C=N–C) groups is 1. The van der Waals surface area contributed by atoms with Crippen molar-refractivity contribution in [2.75, 3.05) is 27.3 Å². The summed E-state index contributed by atoms with van der Waals surface area (Å²) in [4.78, 5) is 79.1. The minimum Gasteiger partial charge on any atom is -0.469 e. The van der Waals surface area contributed by atoms with Crippen LogP contribution in [0.25, 0.3) is 28.0 Å². The lowest BCUT2D eigenvalue weighted by molar-refractivity contribution is -0.169. The summed E-state index contributed by atoms with van der Waals surface area (Å²) in [5, 5.41) is 5.66. The molecule has 3 aromatic rings. The monoisotopic (exact) mass is 763 g/mol. The fourth-order valence-electron chi connectivity index (χ4n) is 8.27. The predicted octanol–water partition coefficient (Wildman–Crippen LogP) is 5.68. The van der Waals surface area contributed by atoms with Gasteiger partial charge >= 0.3 is 12.1 Å². The van der Waals surface area contributed by atoms with Crippen molar-refractivity contribution in [3.05, 3.63) is 72.3 Å². The number of nitrogens with zero attached hydrogens (tertiary/aromatic N) is 5. The quantitative estimate of drug-likeness (QED) is 0.249. The molecule has 4 aliphatic heterocycles. The lowest BCUT2D eigenvalue weighted by Crippen LogP contribution is -2.62. The maximum Gasteiger partial charge on any atom is 0.407 e. The van der Waals surface area contributed by atoms with E-state index in [9.17, 15) is 24.0 Å². The number of likely N-dealkylation sites (tertiary alicyclic amines) is 1. The highest BCUT2D eigenvalue weighted by molar-refractivity contribution is 6.04. The average Bonchev–Trinajstić information content (AvgIpc) is 4.01. The molecule has 14 heteroatoms. The SMILES string of the molecule is COC(=O)C[C@H](C(=O)N1CCC[C@H]1c1ncc(-c2ccc(-c3ccc(C4=CN=C([C@@H]5CCCN6C(=O)CC[C@H](NC(=O)OC)C(=O)N56)C4)cc3)cc2)[nH]1)C(C)C. The van der Waals surface area contributed by atoms with Gasteiger partial charge in [-0.3, -0.25) is 29.2 Å². The predicted molar refractivity (Wildman–Crippen MR) is 208 cm³/mol. The van der Waals surface area contributed by atoms with Crippen LogP contribution in [0, 0.1) is 11.8 Å². The van der Waals surface area contributed by atoms with Crippen LogP contribution < -0.4 is 5.32 Å². The molecule has 0 unspecified atom stereocenters. The third-order valence-electron chi connectivity index (χ3n) is 11.4. The fourth-order valence-corrected chi connectivity index (χ4v) is 8.27. The number of imidazole rings is 1. The lowest BCUT2D eigenvalue weighted by atomic mass is 9.91. The second-order valence-corrected chi connectivity index (χ2v) is 15.2. The molecule has 2 aromatic carbocycles. The second-order valence-electron chi connectivity index (χ2n) is 15.2. The van der Waals surface area contributed by atoms with Gasteiger partial charge in [0, 0.05) is 37.8 Å². The van der Waals surface area contributed by atoms with Crippen LogP contribution in [0.1, 0.15) is 82.6 Å². The third kappa shape index (κ3) is 7.82. The number of aromatic nitrogens is 2. The number of amides is 4. The molecule has 4 aliphatic rings. The largest absolute Gasteiger partial charge is 0.469 e. The molecule has 0 bridgehead atoms. The van der Waals surface area contributed by atoms with E-state index in [2.05, 4.69) is 63.8 Å². The van der Waals surface area contributed by atoms with Gasteiger partial charge in [0.25, 0.3) is 5.91 Å². The van der Waals surface area contributed by atoms with Gasteiger partial charge in [-0.1, -0.05) is 62.4 Å². The normalized spacial score (nSPS) is 21.7. The molecule has 2 N–H and O–H groups in total. The Kier molecular flexibility index (Phi) is 11.4. The number of esters is 1. The summed E-state index contributed by atoms with van der Waals surface area (Å²) in [6.45, 7) is 4.99. The zero-order chi connectivity index (χ0) is 39.5. The van der Waals surface area contributed by atoms with Crippen LogP contribution in [0.2, 0.25) is 0 Å². The number of nitrogens with one attached hydrogen (secondary N) is 2. The van der Waals surface area contributed by atoms with Crippen molar-refractivity contribution in [3.8, 4) is 22.4 Å². The molecule has 3 saturated heterocycles. The molecule has 5 heterocycles. The van der Waals surface area contributed by atoms with Crippen molar-refractivity contribution in [1.82, 2.24) is 30.2 Å². The first-order valence-electron chi connectivity index (χ1n) is 19.4. The second kappa shape index (κ2) is 16.5. The molecular formula is C42H49N7O7. The number of hydrazine groups is 1. The Morgan fingerprint density at radius 1 is 0.875 bits per heavy atom. The van der Waals surface area contributed by atoms with Crippen LogP contribution in [-0.4, -0.2) is 99.8 Å². The highest BCUT2D eigenvalue weighted by Crippen LogP contribution is 2.36. The van der Waals surface area contributed by atoms with Crippen molar-refractivity contribution in [2.45, 2.75) is 83.3 Å². The van der Waals surface area contributed by atoms with E-state index >= 15 is 0 Å². The number of allylic oxidation sites excluding steroid dienone is 1. The van der Waals surface area contributed by atoms with E-state index in [-0.39, 0.29) is 61.0 Å². The number of carbonyl (C=O) groups excluding carboxylic acids is 5. The molecule has 4 atom stereocenters. The maximum atomic E-state index is 13.7. The zero-order valence-electron chi connectivity index (χ0n) is 32.3. The first-order valence-corrected chi connectivity index (χ1v) is 19.4. The minimum absolute atomic E-state index is 0.000194. The number of ether oxygens (including phenoxy) is 2. The van der Waals surface area contributed by atoms with Gasteiger partial charge in [-0.25, -0.2) is 14.8 Å². The summed E-state index contributed by atoms with van der Waals surface area (Å²) >= 11 is 0. The van der Waals surface area contributed by atoms with Gasteiger partial charge in [0.1, 0.15) is 11.9 Å². The molecule has 56 heavy (non-hydrogen) atoms. The molecule has 0 aliphatic carbocycles. The molecule has 14 nitrogen and oxygen atoms in total. The summed E-state index contributed by atoms with van der Waals surface area (Å²) < 4.78 is 9.59. The summed E-state index contributed by atoms with van der Waals surface area (Å²) in [7, 11) is 2.59. The van der Waals surface area contributed by atoms with E-state index < -0.39 is 18.1 Å². The number of methoxy groups -OCH3 is 2. The Labute approximate surface area is 326 Å². The topological polar surface area (TPSA) is 167 Å². The number of carbonyl (C=O) groups is 5. The number of aromatic amines is 1. The Hall–Kier alpha value is -5.79. The molecule has 0 radical (unpaired) electrons. The van der Waals surface area contributed by atoms with Crippen molar-refractivity contribution < 1.29 is 33.4 Å². The van der Waals surface area contributed by atoms with Gasteiger partial charge in [-0.2, -0.15) is 0 Å². The first kappa shape index (κ1) is 38.5. The number of benzene rings is 2. The molecule has 0 spiro atoms. The van der Waals surface area contributed by atoms with Crippen molar-refractivity contribution in [1.29, 1.82) is 0 Å². The first-order chi connectivity index (χ1) is 27.1. The molecule has 3 fully saturated rings. The Balaban J connectivity index is 0.990. The maximum absolute atomic E-state index is 13.7. The molecule has 0 saturated carbocycles. The van der Waals surface area contributed by atoms with Gasteiger partial charge in [0.2, 0.25) is 11.8 Å². The number of rotatable bonds is 10. The Bertz CT molecular complexity index is 2040. The fraction of sp³-hybridized carbons (Fsp3) is 0.452. The van der Waals surface area contributed by atoms with Crippen LogP contribution in [0.4, 0.5) is 4.79 Å². The van der Waals surface area contributed by atoms with E-state index in [4.69, 9.17) is 14.5 Å². The number of hydrogen-bond acceptors (Lipinski definition) is 9. The van der Waals surface area contributed by atoms with Crippen LogP contribution >= 0.6 is 0 Å². The van der Waals surface area contributed by atoms with E-state index in [0.29, 0.717) is 25.9 Å². The van der Waals surface area contributed by atoms with Crippen LogP contribution in [-0.2, 0) is 28.7 Å². The van der Waals surface area contributed by atoms with E-state index in [1.807, 2.05) is 31.1 Å². The summed E-state index contributed by atoms with van der Waals surface area (Å²) in [6.07, 6.45) is 7.01. The average molecular weight is 764 g/mol. The van der Waals surface area contributed by atoms with Crippen LogP contribution in [0.3, 0.4) is 0 Å². The standard InChI is InChI=1S/C42H49N7O7/c1-25(2)31(22-38(51)55-3)40(52)47-19-5-8-36(47)39-44-24-34(45-39)29-15-13-27(14-16-29)26-9-11-28(12-10-26)30-21-33(43-23-30)35-7-6-20-48-37(50)18-17-32(41(53)49(35)48)46-42(54)56-4/h9-16,23-25,31-32,35-36H,5-8,17-22H2,1-4H3,(H,44,45)(H,46,54)/t31-,32-,35-,36-/m0/s1.